The van der Waals surface area contributed by atoms with Gasteiger partial charge < -0.3 is 0 Å². The highest BCUT2D eigenvalue weighted by Crippen LogP contribution is 2.32. The Balaban J connectivity index is 2.35. The summed E-state index contributed by atoms with van der Waals surface area (Å²) in [4.78, 5) is 11.7. The third-order valence-corrected chi connectivity index (χ3v) is 3.69. The summed E-state index contributed by atoms with van der Waals surface area (Å²) in [5, 5.41) is 0. The zero-order chi connectivity index (χ0) is 11.4. The Kier molecular flexibility index (Phi) is 4.56. The molecule has 0 aromatic heterocycles. The number of carbonyl (C=O) groups excluding carboxylic acids is 1. The van der Waals surface area contributed by atoms with Crippen LogP contribution in [0.2, 0.25) is 0 Å². The van der Waals surface area contributed by atoms with Crippen LogP contribution in [0.1, 0.15) is 52.9 Å². The van der Waals surface area contributed by atoms with Gasteiger partial charge in [-0.05, 0) is 30.8 Å². The van der Waals surface area contributed by atoms with E-state index in [1.807, 2.05) is 6.92 Å². The third-order valence-electron chi connectivity index (χ3n) is 3.69. The Labute approximate surface area is 93.9 Å². The average Bonchev–Trinajstić information content (AvgIpc) is 2.20. The summed E-state index contributed by atoms with van der Waals surface area (Å²) in [6, 6.07) is 0. The molecule has 1 rings (SSSR count). The minimum Gasteiger partial charge on any atom is -0.294 e. The first-order valence-corrected chi connectivity index (χ1v) is 6.20. The number of hydrogen-bond donors (Lipinski definition) is 0. The summed E-state index contributed by atoms with van der Waals surface area (Å²) in [5.74, 6) is 2.11. The zero-order valence-corrected chi connectivity index (χ0v) is 10.4. The summed E-state index contributed by atoms with van der Waals surface area (Å²) < 4.78 is 0. The van der Waals surface area contributed by atoms with Gasteiger partial charge in [-0.2, -0.15) is 0 Å². The molecule has 1 saturated carbocycles. The number of rotatable bonds is 4. The van der Waals surface area contributed by atoms with Crippen LogP contribution in [0.25, 0.3) is 0 Å². The summed E-state index contributed by atoms with van der Waals surface area (Å²) in [6.45, 7) is 9.94. The molecule has 0 saturated heterocycles. The standard InChI is InChI=1S/C14H24O/c1-10(2)14(15)12(4)9-13-7-5-11(3)6-8-13/h11-13H,1,5-9H2,2-4H3/t11?,12-,13?/m0/s1. The van der Waals surface area contributed by atoms with E-state index in [2.05, 4.69) is 20.4 Å². The van der Waals surface area contributed by atoms with Gasteiger partial charge in [-0.3, -0.25) is 4.79 Å². The lowest BCUT2D eigenvalue weighted by molar-refractivity contribution is -0.119. The number of Topliss-reactive ketones (excluding diaryl/α,β-unsaturated/α-hetero) is 1. The van der Waals surface area contributed by atoms with Crippen LogP contribution in [0.15, 0.2) is 12.2 Å². The molecule has 1 fully saturated rings. The van der Waals surface area contributed by atoms with Crippen LogP contribution < -0.4 is 0 Å². The molecular formula is C14H24O. The van der Waals surface area contributed by atoms with E-state index in [4.69, 9.17) is 0 Å². The van der Waals surface area contributed by atoms with Crippen molar-refractivity contribution in [2.75, 3.05) is 0 Å². The molecule has 0 unspecified atom stereocenters. The second-order valence-electron chi connectivity index (χ2n) is 5.41. The third kappa shape index (κ3) is 3.81. The van der Waals surface area contributed by atoms with Crippen molar-refractivity contribution in [1.82, 2.24) is 0 Å². The second kappa shape index (κ2) is 5.48. The van der Waals surface area contributed by atoms with Crippen LogP contribution in [0, 0.1) is 17.8 Å². The Morgan fingerprint density at radius 2 is 1.87 bits per heavy atom. The fraction of sp³-hybridized carbons (Fsp3) is 0.786. The van der Waals surface area contributed by atoms with E-state index in [0.717, 1.165) is 18.3 Å². The highest BCUT2D eigenvalue weighted by atomic mass is 16.1. The molecule has 86 valence electrons. The predicted molar refractivity (Wildman–Crippen MR) is 64.7 cm³/mol. The minimum absolute atomic E-state index is 0.181. The molecule has 0 heterocycles. The van der Waals surface area contributed by atoms with Gasteiger partial charge >= 0.3 is 0 Å². The maximum Gasteiger partial charge on any atom is 0.160 e. The largest absolute Gasteiger partial charge is 0.294 e. The SMILES string of the molecule is C=C(C)C(=O)[C@@H](C)CC1CCC(C)CC1. The van der Waals surface area contributed by atoms with Gasteiger partial charge in [-0.25, -0.2) is 0 Å². The first-order chi connectivity index (χ1) is 7.00. The van der Waals surface area contributed by atoms with Gasteiger partial charge in [0, 0.05) is 5.92 Å². The van der Waals surface area contributed by atoms with E-state index in [9.17, 15) is 4.79 Å². The number of allylic oxidation sites excluding steroid dienone is 1. The lowest BCUT2D eigenvalue weighted by atomic mass is 9.78. The highest BCUT2D eigenvalue weighted by Gasteiger charge is 2.23. The van der Waals surface area contributed by atoms with Crippen LogP contribution in [0.5, 0.6) is 0 Å². The van der Waals surface area contributed by atoms with Gasteiger partial charge in [0.05, 0.1) is 0 Å². The fourth-order valence-electron chi connectivity index (χ4n) is 2.59. The van der Waals surface area contributed by atoms with Crippen molar-refractivity contribution in [3.8, 4) is 0 Å². The van der Waals surface area contributed by atoms with E-state index < -0.39 is 0 Å². The monoisotopic (exact) mass is 208 g/mol. The van der Waals surface area contributed by atoms with Crippen molar-refractivity contribution < 1.29 is 4.79 Å². The second-order valence-corrected chi connectivity index (χ2v) is 5.41. The van der Waals surface area contributed by atoms with Gasteiger partial charge in [0.25, 0.3) is 0 Å². The first kappa shape index (κ1) is 12.5. The highest BCUT2D eigenvalue weighted by molar-refractivity contribution is 5.95. The molecule has 0 bridgehead atoms. The van der Waals surface area contributed by atoms with Crippen LogP contribution in [0.3, 0.4) is 0 Å². The molecule has 0 aromatic carbocycles. The number of carbonyl (C=O) groups is 1. The zero-order valence-electron chi connectivity index (χ0n) is 10.4. The van der Waals surface area contributed by atoms with Crippen molar-refractivity contribution in [2.24, 2.45) is 17.8 Å². The molecule has 0 aliphatic heterocycles. The number of hydrogen-bond acceptors (Lipinski definition) is 1. The topological polar surface area (TPSA) is 17.1 Å². The predicted octanol–water partition coefficient (Wildman–Crippen LogP) is 3.98. The van der Waals surface area contributed by atoms with Gasteiger partial charge in [0.2, 0.25) is 0 Å². The molecule has 0 radical (unpaired) electrons. The lowest BCUT2D eigenvalue weighted by Crippen LogP contribution is -2.19. The first-order valence-electron chi connectivity index (χ1n) is 6.20. The van der Waals surface area contributed by atoms with E-state index >= 15 is 0 Å². The molecule has 1 aliphatic rings. The Bertz CT molecular complexity index is 234. The van der Waals surface area contributed by atoms with Crippen molar-refractivity contribution in [3.63, 3.8) is 0 Å². The molecule has 0 amide bonds. The normalized spacial score (nSPS) is 28.5. The van der Waals surface area contributed by atoms with Gasteiger partial charge in [-0.15, -0.1) is 0 Å². The van der Waals surface area contributed by atoms with Crippen molar-refractivity contribution >= 4 is 5.78 Å². The van der Waals surface area contributed by atoms with Crippen LogP contribution in [-0.4, -0.2) is 5.78 Å². The van der Waals surface area contributed by atoms with Gasteiger partial charge in [-0.1, -0.05) is 46.1 Å². The van der Waals surface area contributed by atoms with E-state index in [-0.39, 0.29) is 11.7 Å². The summed E-state index contributed by atoms with van der Waals surface area (Å²) >= 11 is 0. The molecule has 0 spiro atoms. The maximum absolute atomic E-state index is 11.7. The molecule has 0 N–H and O–H groups in total. The lowest BCUT2D eigenvalue weighted by Gasteiger charge is -2.27. The molecular weight excluding hydrogens is 184 g/mol. The van der Waals surface area contributed by atoms with Crippen molar-refractivity contribution in [2.45, 2.75) is 52.9 Å². The van der Waals surface area contributed by atoms with Crippen LogP contribution in [0.4, 0.5) is 0 Å². The van der Waals surface area contributed by atoms with Gasteiger partial charge in [0.1, 0.15) is 0 Å². The smallest absolute Gasteiger partial charge is 0.160 e. The molecule has 15 heavy (non-hydrogen) atoms. The fourth-order valence-corrected chi connectivity index (χ4v) is 2.59. The number of ketones is 1. The minimum atomic E-state index is 0.181. The van der Waals surface area contributed by atoms with E-state index in [0.29, 0.717) is 5.57 Å². The van der Waals surface area contributed by atoms with E-state index in [1.54, 1.807) is 0 Å². The molecule has 1 aliphatic carbocycles. The average molecular weight is 208 g/mol. The molecule has 1 atom stereocenters. The quantitative estimate of drug-likeness (QED) is 0.639. The molecule has 1 nitrogen and oxygen atoms in total. The Morgan fingerprint density at radius 3 is 2.33 bits per heavy atom. The van der Waals surface area contributed by atoms with Crippen molar-refractivity contribution in [1.29, 1.82) is 0 Å². The van der Waals surface area contributed by atoms with Crippen molar-refractivity contribution in [3.05, 3.63) is 12.2 Å². The summed E-state index contributed by atoms with van der Waals surface area (Å²) in [6.07, 6.45) is 6.39. The molecule has 0 aromatic rings. The van der Waals surface area contributed by atoms with Crippen LogP contribution in [-0.2, 0) is 4.79 Å². The Morgan fingerprint density at radius 1 is 1.33 bits per heavy atom. The maximum atomic E-state index is 11.7. The van der Waals surface area contributed by atoms with Gasteiger partial charge in [0.15, 0.2) is 5.78 Å². The summed E-state index contributed by atoms with van der Waals surface area (Å²) in [7, 11) is 0. The molecule has 1 heteroatoms. The Hall–Kier alpha value is -0.590. The van der Waals surface area contributed by atoms with E-state index in [1.165, 1.54) is 25.7 Å². The van der Waals surface area contributed by atoms with Crippen LogP contribution >= 0.6 is 0 Å². The summed E-state index contributed by atoms with van der Waals surface area (Å²) in [5.41, 5.74) is 0.715.